The van der Waals surface area contributed by atoms with Crippen LogP contribution in [0.15, 0.2) is 18.2 Å². The summed E-state index contributed by atoms with van der Waals surface area (Å²) < 4.78 is 25.6. The van der Waals surface area contributed by atoms with Crippen molar-refractivity contribution in [3.05, 3.63) is 29.6 Å². The summed E-state index contributed by atoms with van der Waals surface area (Å²) >= 11 is 5.89. The lowest BCUT2D eigenvalue weighted by Crippen LogP contribution is -2.12. The van der Waals surface area contributed by atoms with Gasteiger partial charge >= 0.3 is 5.97 Å². The first-order valence-corrected chi connectivity index (χ1v) is 8.87. The quantitative estimate of drug-likeness (QED) is 0.673. The van der Waals surface area contributed by atoms with Crippen LogP contribution in [0, 0.1) is 4.78 Å². The maximum Gasteiger partial charge on any atom is 0.337 e. The van der Waals surface area contributed by atoms with E-state index >= 15 is 0 Å². The molecule has 0 aliphatic heterocycles. The Labute approximate surface area is 128 Å². The summed E-state index contributed by atoms with van der Waals surface area (Å²) in [5, 5.41) is 0. The Hall–Kier alpha value is -1.60. The summed E-state index contributed by atoms with van der Waals surface area (Å²) in [6.07, 6.45) is 1.40. The van der Waals surface area contributed by atoms with E-state index in [1.165, 1.54) is 13.4 Å². The smallest absolute Gasteiger partial charge is 0.337 e. The van der Waals surface area contributed by atoms with Crippen LogP contribution in [0.1, 0.15) is 16.2 Å². The lowest BCUT2D eigenvalue weighted by atomic mass is 10.2. The molecule has 1 aromatic carbocycles. The third kappa shape index (κ3) is 3.54. The van der Waals surface area contributed by atoms with E-state index in [0.717, 1.165) is 5.52 Å². The second-order valence-electron chi connectivity index (χ2n) is 4.72. The summed E-state index contributed by atoms with van der Waals surface area (Å²) in [6.45, 7) is 0.363. The van der Waals surface area contributed by atoms with Gasteiger partial charge < -0.3 is 9.30 Å². The number of alkyl halides is 1. The summed E-state index contributed by atoms with van der Waals surface area (Å²) in [5.74, 6) is 0.588. The zero-order chi connectivity index (χ0) is 15.6. The highest BCUT2D eigenvalue weighted by Crippen LogP contribution is 2.20. The van der Waals surface area contributed by atoms with Crippen LogP contribution in [-0.2, 0) is 26.9 Å². The van der Waals surface area contributed by atoms with Crippen LogP contribution < -0.4 is 0 Å². The third-order valence-corrected chi connectivity index (χ3v) is 4.27. The number of methoxy groups -OCH3 is 1. The first-order valence-electron chi connectivity index (χ1n) is 6.20. The number of aromatic nitrogens is 2. The molecular formula is C13H16ClN3O3S. The van der Waals surface area contributed by atoms with Crippen molar-refractivity contribution in [1.29, 1.82) is 4.78 Å². The Kier molecular flexibility index (Phi) is 4.53. The molecule has 21 heavy (non-hydrogen) atoms. The highest BCUT2D eigenvalue weighted by atomic mass is 35.5. The molecule has 0 fully saturated rings. The molecule has 0 aliphatic carbocycles. The topological polar surface area (TPSA) is 85.0 Å². The number of rotatable bonds is 5. The largest absolute Gasteiger partial charge is 0.465 e. The number of nitrogens with one attached hydrogen (secondary N) is 1. The van der Waals surface area contributed by atoms with Gasteiger partial charge in [0.2, 0.25) is 0 Å². The van der Waals surface area contributed by atoms with Gasteiger partial charge in [-0.15, -0.1) is 11.6 Å². The Morgan fingerprint density at radius 3 is 2.81 bits per heavy atom. The van der Waals surface area contributed by atoms with Crippen LogP contribution >= 0.6 is 11.6 Å². The lowest BCUT2D eigenvalue weighted by Gasteiger charge is -2.08. The van der Waals surface area contributed by atoms with Crippen molar-refractivity contribution >= 4 is 38.3 Å². The molecule has 0 saturated carbocycles. The fraction of sp³-hybridized carbons (Fsp3) is 0.385. The number of halogens is 1. The van der Waals surface area contributed by atoms with Crippen molar-refractivity contribution < 1.29 is 13.7 Å². The number of fused-ring (bicyclic) bond motifs is 1. The molecule has 1 unspecified atom stereocenters. The normalized spacial score (nSPS) is 14.0. The molecule has 0 amide bonds. The Balaban J connectivity index is 2.51. The maximum atomic E-state index is 11.6. The van der Waals surface area contributed by atoms with Crippen molar-refractivity contribution in [1.82, 2.24) is 9.55 Å². The molecule has 0 aliphatic rings. The van der Waals surface area contributed by atoms with Gasteiger partial charge in [-0.05, 0) is 18.2 Å². The second-order valence-corrected chi connectivity index (χ2v) is 7.40. The molecule has 1 aromatic heterocycles. The number of hydrogen-bond acceptors (Lipinski definition) is 5. The minimum atomic E-state index is -2.61. The zero-order valence-corrected chi connectivity index (χ0v) is 13.3. The molecule has 2 rings (SSSR count). The second kappa shape index (κ2) is 6.03. The van der Waals surface area contributed by atoms with Gasteiger partial charge in [0.25, 0.3) is 0 Å². The third-order valence-electron chi connectivity index (χ3n) is 3.07. The van der Waals surface area contributed by atoms with Crippen LogP contribution in [0.5, 0.6) is 0 Å². The molecule has 0 radical (unpaired) electrons. The number of ether oxygens (including phenoxy) is 1. The van der Waals surface area contributed by atoms with Crippen molar-refractivity contribution in [2.45, 2.75) is 12.4 Å². The van der Waals surface area contributed by atoms with Gasteiger partial charge in [-0.3, -0.25) is 8.99 Å². The number of imidazole rings is 1. The van der Waals surface area contributed by atoms with Gasteiger partial charge in [-0.2, -0.15) is 0 Å². The molecule has 1 heterocycles. The number of carbonyl (C=O) groups is 1. The van der Waals surface area contributed by atoms with Crippen LogP contribution in [0.25, 0.3) is 11.0 Å². The van der Waals surface area contributed by atoms with E-state index in [1.54, 1.807) is 22.8 Å². The Bertz CT molecular complexity index is 783. The molecule has 114 valence electrons. The van der Waals surface area contributed by atoms with E-state index in [9.17, 15) is 9.00 Å². The maximum absolute atomic E-state index is 11.6. The number of esters is 1. The van der Waals surface area contributed by atoms with E-state index in [2.05, 4.69) is 4.98 Å². The fourth-order valence-corrected chi connectivity index (χ4v) is 2.77. The minimum Gasteiger partial charge on any atom is -0.465 e. The predicted octanol–water partition coefficient (Wildman–Crippen LogP) is 2.24. The molecule has 1 atom stereocenters. The number of hydrogen-bond donors (Lipinski definition) is 1. The van der Waals surface area contributed by atoms with Crippen molar-refractivity contribution in [3.63, 3.8) is 0 Å². The van der Waals surface area contributed by atoms with Crippen molar-refractivity contribution in [2.75, 3.05) is 19.1 Å². The highest BCUT2D eigenvalue weighted by Gasteiger charge is 2.14. The van der Waals surface area contributed by atoms with Crippen LogP contribution in [0.2, 0.25) is 0 Å². The number of nitrogens with zero attached hydrogens (tertiary/aromatic N) is 2. The molecule has 8 heteroatoms. The zero-order valence-electron chi connectivity index (χ0n) is 11.8. The minimum absolute atomic E-state index is 0.199. The van der Waals surface area contributed by atoms with Gasteiger partial charge in [-0.25, -0.2) is 9.78 Å². The fourth-order valence-electron chi connectivity index (χ4n) is 2.03. The molecule has 6 nitrogen and oxygen atoms in total. The molecule has 2 aromatic rings. The monoisotopic (exact) mass is 329 g/mol. The summed E-state index contributed by atoms with van der Waals surface area (Å²) in [7, 11) is -1.29. The molecule has 1 N–H and O–H groups in total. The molecule has 0 saturated heterocycles. The highest BCUT2D eigenvalue weighted by molar-refractivity contribution is 7.91. The number of aryl methyl sites for hydroxylation is 1. The predicted molar refractivity (Wildman–Crippen MR) is 82.3 cm³/mol. The van der Waals surface area contributed by atoms with Crippen molar-refractivity contribution in [2.24, 2.45) is 0 Å². The van der Waals surface area contributed by atoms with E-state index < -0.39 is 15.7 Å². The Morgan fingerprint density at radius 1 is 1.52 bits per heavy atom. The van der Waals surface area contributed by atoms with E-state index in [1.807, 2.05) is 0 Å². The summed E-state index contributed by atoms with van der Waals surface area (Å²) in [4.78, 5) is 16.0. The van der Waals surface area contributed by atoms with E-state index in [4.69, 9.17) is 21.1 Å². The van der Waals surface area contributed by atoms with Crippen LogP contribution in [-0.4, -0.2) is 38.8 Å². The summed E-state index contributed by atoms with van der Waals surface area (Å²) in [5.41, 5.74) is 1.83. The van der Waals surface area contributed by atoms with Gasteiger partial charge in [0, 0.05) is 28.3 Å². The number of carbonyl (C=O) groups excluding carboxylic acids is 1. The van der Waals surface area contributed by atoms with Gasteiger partial charge in [0.15, 0.2) is 0 Å². The van der Waals surface area contributed by atoms with Crippen LogP contribution in [0.3, 0.4) is 0 Å². The average molecular weight is 330 g/mol. The first-order chi connectivity index (χ1) is 9.85. The standard InChI is InChI=1S/C13H16ClN3O3S/c1-20-13(18)9-3-4-10-11(7-9)17(12(8-14)16-10)5-6-21(2,15)19/h3-4,7,15H,5-6,8H2,1-2H3. The van der Waals surface area contributed by atoms with Crippen molar-refractivity contribution in [3.8, 4) is 0 Å². The van der Waals surface area contributed by atoms with Gasteiger partial charge in [-0.1, -0.05) is 0 Å². The average Bonchev–Trinajstić information content (AvgIpc) is 2.80. The lowest BCUT2D eigenvalue weighted by molar-refractivity contribution is 0.0601. The number of benzene rings is 1. The SMILES string of the molecule is COC(=O)c1ccc2nc(CCl)n(CCS(C)(=N)=O)c2c1. The van der Waals surface area contributed by atoms with Gasteiger partial charge in [0.1, 0.15) is 5.82 Å². The van der Waals surface area contributed by atoms with E-state index in [-0.39, 0.29) is 11.6 Å². The van der Waals surface area contributed by atoms with Gasteiger partial charge in [0.05, 0.1) is 29.6 Å². The van der Waals surface area contributed by atoms with E-state index in [0.29, 0.717) is 23.4 Å². The molecular weight excluding hydrogens is 314 g/mol. The van der Waals surface area contributed by atoms with Crippen LogP contribution in [0.4, 0.5) is 0 Å². The summed E-state index contributed by atoms with van der Waals surface area (Å²) in [6, 6.07) is 5.03. The Morgan fingerprint density at radius 2 is 2.24 bits per heavy atom. The molecule has 0 bridgehead atoms. The molecule has 0 spiro atoms. The first kappa shape index (κ1) is 15.8.